The number of nitrogens with one attached hydrogen (secondary N) is 1. The maximum atomic E-state index is 12.9. The predicted molar refractivity (Wildman–Crippen MR) is 102 cm³/mol. The van der Waals surface area contributed by atoms with Crippen molar-refractivity contribution < 1.29 is 14.4 Å². The van der Waals surface area contributed by atoms with E-state index in [-0.39, 0.29) is 17.7 Å². The minimum Gasteiger partial charge on any atom is -0.337 e. The smallest absolute Gasteiger partial charge is 0.253 e. The fraction of sp³-hybridized carbons (Fsp3) is 0.286. The highest BCUT2D eigenvalue weighted by molar-refractivity contribution is 6.01. The van der Waals surface area contributed by atoms with E-state index >= 15 is 0 Å². The molecule has 0 unspecified atom stereocenters. The van der Waals surface area contributed by atoms with Crippen LogP contribution in [-0.4, -0.2) is 53.7 Å². The molecular formula is C21H21N3O3. The Morgan fingerprint density at radius 3 is 2.19 bits per heavy atom. The van der Waals surface area contributed by atoms with E-state index in [9.17, 15) is 14.4 Å². The molecule has 0 spiro atoms. The number of benzene rings is 2. The zero-order valence-electron chi connectivity index (χ0n) is 15.0. The normalized spacial score (nSPS) is 16.5. The number of amides is 3. The Morgan fingerprint density at radius 2 is 1.48 bits per heavy atom. The first-order valence-electron chi connectivity index (χ1n) is 9.18. The largest absolute Gasteiger partial charge is 0.337 e. The molecule has 1 fully saturated rings. The second kappa shape index (κ2) is 7.23. The molecule has 3 amide bonds. The SMILES string of the molecule is O=C1Cc2cc(C(=O)N3CCCN(C(=O)c4ccccc4)CC3)ccc2N1. The van der Waals surface area contributed by atoms with Gasteiger partial charge in [0.1, 0.15) is 0 Å². The summed E-state index contributed by atoms with van der Waals surface area (Å²) in [5.41, 5.74) is 2.91. The molecule has 0 bridgehead atoms. The molecule has 2 aliphatic heterocycles. The number of fused-ring (bicyclic) bond motifs is 1. The van der Waals surface area contributed by atoms with Crippen LogP contribution < -0.4 is 5.32 Å². The Morgan fingerprint density at radius 1 is 0.815 bits per heavy atom. The number of hydrogen-bond acceptors (Lipinski definition) is 3. The second-order valence-electron chi connectivity index (χ2n) is 6.90. The first-order chi connectivity index (χ1) is 13.1. The number of nitrogens with zero attached hydrogens (tertiary/aromatic N) is 2. The monoisotopic (exact) mass is 363 g/mol. The molecule has 27 heavy (non-hydrogen) atoms. The molecule has 2 aromatic carbocycles. The molecule has 6 nitrogen and oxygen atoms in total. The van der Waals surface area contributed by atoms with Gasteiger partial charge >= 0.3 is 0 Å². The van der Waals surface area contributed by atoms with Gasteiger partial charge in [0.25, 0.3) is 11.8 Å². The molecule has 6 heteroatoms. The molecule has 0 atom stereocenters. The van der Waals surface area contributed by atoms with Crippen LogP contribution in [0.1, 0.15) is 32.7 Å². The van der Waals surface area contributed by atoms with Gasteiger partial charge < -0.3 is 15.1 Å². The third kappa shape index (κ3) is 3.56. The maximum absolute atomic E-state index is 12.9. The van der Waals surface area contributed by atoms with Gasteiger partial charge in [-0.25, -0.2) is 0 Å². The minimum absolute atomic E-state index is 0.00650. The average Bonchev–Trinajstić information content (AvgIpc) is 2.90. The van der Waals surface area contributed by atoms with Crippen molar-refractivity contribution in [1.29, 1.82) is 0 Å². The van der Waals surface area contributed by atoms with Gasteiger partial charge in [0.05, 0.1) is 6.42 Å². The van der Waals surface area contributed by atoms with Crippen LogP contribution in [0.2, 0.25) is 0 Å². The average molecular weight is 363 g/mol. The predicted octanol–water partition coefficient (Wildman–Crippen LogP) is 2.17. The molecular weight excluding hydrogens is 342 g/mol. The third-order valence-electron chi connectivity index (χ3n) is 5.07. The zero-order valence-corrected chi connectivity index (χ0v) is 15.0. The first-order valence-corrected chi connectivity index (χ1v) is 9.18. The van der Waals surface area contributed by atoms with Crippen LogP contribution in [0.25, 0.3) is 0 Å². The summed E-state index contributed by atoms with van der Waals surface area (Å²) in [4.78, 5) is 40.6. The number of carbonyl (C=O) groups is 3. The van der Waals surface area contributed by atoms with Gasteiger partial charge in [0.15, 0.2) is 0 Å². The van der Waals surface area contributed by atoms with Gasteiger partial charge in [-0.2, -0.15) is 0 Å². The fourth-order valence-corrected chi connectivity index (χ4v) is 3.63. The second-order valence-corrected chi connectivity index (χ2v) is 6.90. The van der Waals surface area contributed by atoms with Crippen molar-refractivity contribution in [3.05, 3.63) is 65.2 Å². The van der Waals surface area contributed by atoms with E-state index in [2.05, 4.69) is 5.32 Å². The lowest BCUT2D eigenvalue weighted by molar-refractivity contribution is -0.115. The van der Waals surface area contributed by atoms with Crippen LogP contribution in [0.5, 0.6) is 0 Å². The van der Waals surface area contributed by atoms with Crippen molar-refractivity contribution in [1.82, 2.24) is 9.80 Å². The van der Waals surface area contributed by atoms with Gasteiger partial charge in [-0.05, 0) is 42.3 Å². The number of carbonyl (C=O) groups excluding carboxylic acids is 3. The fourth-order valence-electron chi connectivity index (χ4n) is 3.63. The minimum atomic E-state index is -0.0499. The number of hydrogen-bond donors (Lipinski definition) is 1. The zero-order chi connectivity index (χ0) is 18.8. The highest BCUT2D eigenvalue weighted by Gasteiger charge is 2.25. The van der Waals surface area contributed by atoms with Gasteiger partial charge in [-0.3, -0.25) is 14.4 Å². The van der Waals surface area contributed by atoms with Gasteiger partial charge in [-0.1, -0.05) is 18.2 Å². The molecule has 2 aromatic rings. The van der Waals surface area contributed by atoms with Gasteiger partial charge in [0.2, 0.25) is 5.91 Å². The summed E-state index contributed by atoms with van der Waals surface area (Å²) in [7, 11) is 0. The highest BCUT2D eigenvalue weighted by Crippen LogP contribution is 2.24. The van der Waals surface area contributed by atoms with E-state index in [1.54, 1.807) is 23.1 Å². The van der Waals surface area contributed by atoms with Crippen LogP contribution in [-0.2, 0) is 11.2 Å². The van der Waals surface area contributed by atoms with E-state index in [1.165, 1.54) is 0 Å². The highest BCUT2D eigenvalue weighted by atomic mass is 16.2. The summed E-state index contributed by atoms with van der Waals surface area (Å²) in [6.07, 6.45) is 1.06. The molecule has 4 rings (SSSR count). The molecule has 0 aromatic heterocycles. The van der Waals surface area contributed by atoms with Crippen molar-refractivity contribution in [2.75, 3.05) is 31.5 Å². The van der Waals surface area contributed by atoms with Crippen LogP contribution in [0.15, 0.2) is 48.5 Å². The quantitative estimate of drug-likeness (QED) is 0.889. The van der Waals surface area contributed by atoms with Crippen molar-refractivity contribution in [3.63, 3.8) is 0 Å². The summed E-state index contributed by atoms with van der Waals surface area (Å²) >= 11 is 0. The van der Waals surface area contributed by atoms with E-state index in [1.807, 2.05) is 35.2 Å². The van der Waals surface area contributed by atoms with Crippen LogP contribution in [0.4, 0.5) is 5.69 Å². The van der Waals surface area contributed by atoms with Crippen molar-refractivity contribution >= 4 is 23.4 Å². The first kappa shape index (κ1) is 17.3. The summed E-state index contributed by atoms with van der Waals surface area (Å²) < 4.78 is 0. The summed E-state index contributed by atoms with van der Waals surface area (Å²) in [5.74, 6) is -0.0855. The van der Waals surface area contributed by atoms with Gasteiger partial charge in [-0.15, -0.1) is 0 Å². The molecule has 2 heterocycles. The number of anilines is 1. The lowest BCUT2D eigenvalue weighted by atomic mass is 10.1. The Labute approximate surface area is 157 Å². The lowest BCUT2D eigenvalue weighted by Gasteiger charge is -2.22. The van der Waals surface area contributed by atoms with Crippen LogP contribution in [0.3, 0.4) is 0 Å². The molecule has 0 radical (unpaired) electrons. The third-order valence-corrected chi connectivity index (χ3v) is 5.07. The summed E-state index contributed by atoms with van der Waals surface area (Å²) in [5, 5.41) is 2.78. The Balaban J connectivity index is 1.44. The standard InChI is InChI=1S/C21H21N3O3/c25-19-14-17-13-16(7-8-18(17)22-19)21(27)24-10-4-9-23(11-12-24)20(26)15-5-2-1-3-6-15/h1-3,5-8,13H,4,9-12,14H2,(H,22,25). The summed E-state index contributed by atoms with van der Waals surface area (Å²) in [6.45, 7) is 2.28. The molecule has 1 saturated heterocycles. The Bertz CT molecular complexity index is 895. The van der Waals surface area contributed by atoms with E-state index in [4.69, 9.17) is 0 Å². The molecule has 138 valence electrons. The summed E-state index contributed by atoms with van der Waals surface area (Å²) in [6, 6.07) is 14.6. The van der Waals surface area contributed by atoms with Crippen molar-refractivity contribution in [3.8, 4) is 0 Å². The topological polar surface area (TPSA) is 69.7 Å². The molecule has 0 aliphatic carbocycles. The van der Waals surface area contributed by atoms with Crippen molar-refractivity contribution in [2.45, 2.75) is 12.8 Å². The van der Waals surface area contributed by atoms with E-state index in [0.717, 1.165) is 17.7 Å². The maximum Gasteiger partial charge on any atom is 0.253 e. The number of rotatable bonds is 2. The van der Waals surface area contributed by atoms with Crippen LogP contribution in [0, 0.1) is 0 Å². The van der Waals surface area contributed by atoms with Crippen molar-refractivity contribution in [2.24, 2.45) is 0 Å². The van der Waals surface area contributed by atoms with Crippen LogP contribution >= 0.6 is 0 Å². The molecule has 2 aliphatic rings. The van der Waals surface area contributed by atoms with E-state index < -0.39 is 0 Å². The van der Waals surface area contributed by atoms with Gasteiger partial charge in [0, 0.05) is 43.0 Å². The Kier molecular flexibility index (Phi) is 4.62. The molecule has 1 N–H and O–H groups in total. The molecule has 0 saturated carbocycles. The Hall–Kier alpha value is -3.15. The van der Waals surface area contributed by atoms with E-state index in [0.29, 0.717) is 43.7 Å². The lowest BCUT2D eigenvalue weighted by Crippen LogP contribution is -2.37.